The van der Waals surface area contributed by atoms with Crippen molar-refractivity contribution in [2.75, 3.05) is 27.4 Å². The summed E-state index contributed by atoms with van der Waals surface area (Å²) in [4.78, 5) is 14.2. The lowest BCUT2D eigenvalue weighted by atomic mass is 9.99. The molecule has 0 N–H and O–H groups in total. The summed E-state index contributed by atoms with van der Waals surface area (Å²) in [5.74, 6) is 1.19. The molecule has 7 nitrogen and oxygen atoms in total. The van der Waals surface area contributed by atoms with Gasteiger partial charge < -0.3 is 14.2 Å². The molecule has 0 unspecified atom stereocenters. The van der Waals surface area contributed by atoms with Crippen LogP contribution in [-0.2, 0) is 24.4 Å². The van der Waals surface area contributed by atoms with E-state index in [1.807, 2.05) is 13.0 Å². The highest BCUT2D eigenvalue weighted by atomic mass is 16.5. The van der Waals surface area contributed by atoms with Gasteiger partial charge in [-0.05, 0) is 43.5 Å². The second-order valence-electron chi connectivity index (χ2n) is 6.31. The van der Waals surface area contributed by atoms with E-state index in [1.54, 1.807) is 32.0 Å². The third-order valence-corrected chi connectivity index (χ3v) is 4.58. The largest absolute Gasteiger partial charge is 0.493 e. The van der Waals surface area contributed by atoms with Gasteiger partial charge in [-0.3, -0.25) is 9.58 Å². The molecule has 7 heteroatoms. The van der Waals surface area contributed by atoms with Crippen LogP contribution in [0.25, 0.3) is 0 Å². The van der Waals surface area contributed by atoms with Gasteiger partial charge in [0.2, 0.25) is 0 Å². The molecule has 0 bridgehead atoms. The number of fused-ring (bicyclic) bond motifs is 1. The number of esters is 1. The Morgan fingerprint density at radius 2 is 1.88 bits per heavy atom. The SMILES string of the molecule is CCOC(=O)c1cn(CN2CCc3cc(OC)c(OC)cc3C2)nc1C. The van der Waals surface area contributed by atoms with Gasteiger partial charge in [0.1, 0.15) is 5.56 Å². The molecule has 1 aromatic carbocycles. The fraction of sp³-hybridized carbons (Fsp3) is 0.474. The van der Waals surface area contributed by atoms with Gasteiger partial charge in [0.15, 0.2) is 11.5 Å². The number of rotatable bonds is 6. The molecule has 2 aromatic rings. The lowest BCUT2D eigenvalue weighted by Crippen LogP contribution is -2.32. The number of hydrogen-bond acceptors (Lipinski definition) is 6. The average molecular weight is 359 g/mol. The van der Waals surface area contributed by atoms with E-state index in [-0.39, 0.29) is 5.97 Å². The van der Waals surface area contributed by atoms with Crippen molar-refractivity contribution in [3.63, 3.8) is 0 Å². The van der Waals surface area contributed by atoms with Crippen LogP contribution in [0.2, 0.25) is 0 Å². The topological polar surface area (TPSA) is 65.8 Å². The molecule has 0 aliphatic carbocycles. The predicted octanol–water partition coefficient (Wildman–Crippen LogP) is 2.40. The third-order valence-electron chi connectivity index (χ3n) is 4.58. The number of aromatic nitrogens is 2. The van der Waals surface area contributed by atoms with Gasteiger partial charge in [0.25, 0.3) is 0 Å². The van der Waals surface area contributed by atoms with E-state index in [4.69, 9.17) is 14.2 Å². The molecule has 26 heavy (non-hydrogen) atoms. The third kappa shape index (κ3) is 3.67. The lowest BCUT2D eigenvalue weighted by molar-refractivity contribution is 0.0525. The first-order valence-corrected chi connectivity index (χ1v) is 8.73. The van der Waals surface area contributed by atoms with Gasteiger partial charge >= 0.3 is 5.97 Å². The molecular weight excluding hydrogens is 334 g/mol. The Labute approximate surface area is 153 Å². The molecule has 140 valence electrons. The second-order valence-corrected chi connectivity index (χ2v) is 6.31. The average Bonchev–Trinajstić information content (AvgIpc) is 3.00. The molecule has 1 aliphatic rings. The van der Waals surface area contributed by atoms with E-state index < -0.39 is 0 Å². The van der Waals surface area contributed by atoms with Crippen molar-refractivity contribution < 1.29 is 19.0 Å². The molecule has 3 rings (SSSR count). The van der Waals surface area contributed by atoms with Crippen LogP contribution in [0.5, 0.6) is 11.5 Å². The quantitative estimate of drug-likeness (QED) is 0.738. The maximum absolute atomic E-state index is 12.0. The molecular formula is C19H25N3O4. The van der Waals surface area contributed by atoms with Gasteiger partial charge in [0.05, 0.1) is 33.2 Å². The highest BCUT2D eigenvalue weighted by molar-refractivity contribution is 5.90. The first-order valence-electron chi connectivity index (χ1n) is 8.73. The first kappa shape index (κ1) is 18.3. The van der Waals surface area contributed by atoms with E-state index in [1.165, 1.54) is 11.1 Å². The molecule has 0 atom stereocenters. The maximum Gasteiger partial charge on any atom is 0.341 e. The van der Waals surface area contributed by atoms with E-state index in [9.17, 15) is 4.79 Å². The number of hydrogen-bond donors (Lipinski definition) is 0. The number of ether oxygens (including phenoxy) is 3. The lowest BCUT2D eigenvalue weighted by Gasteiger charge is -2.29. The van der Waals surface area contributed by atoms with Gasteiger partial charge in [-0.2, -0.15) is 5.10 Å². The van der Waals surface area contributed by atoms with Crippen molar-refractivity contribution in [1.82, 2.24) is 14.7 Å². The molecule has 0 saturated carbocycles. The Morgan fingerprint density at radius 1 is 1.19 bits per heavy atom. The van der Waals surface area contributed by atoms with Crippen molar-refractivity contribution in [2.24, 2.45) is 0 Å². The number of methoxy groups -OCH3 is 2. The van der Waals surface area contributed by atoms with E-state index in [0.717, 1.165) is 31.0 Å². The fourth-order valence-corrected chi connectivity index (χ4v) is 3.27. The van der Waals surface area contributed by atoms with Crippen molar-refractivity contribution in [1.29, 1.82) is 0 Å². The van der Waals surface area contributed by atoms with Gasteiger partial charge in [-0.25, -0.2) is 4.79 Å². The standard InChI is InChI=1S/C19H25N3O4/c1-5-26-19(23)16-11-22(20-13(16)2)12-21-7-6-14-8-17(24-3)18(25-4)9-15(14)10-21/h8-9,11H,5-7,10,12H2,1-4H3. The summed E-state index contributed by atoms with van der Waals surface area (Å²) in [6, 6.07) is 4.10. The summed E-state index contributed by atoms with van der Waals surface area (Å²) in [6.07, 6.45) is 2.69. The number of aryl methyl sites for hydroxylation is 1. The summed E-state index contributed by atoms with van der Waals surface area (Å²) >= 11 is 0. The molecule has 0 saturated heterocycles. The monoisotopic (exact) mass is 359 g/mol. The van der Waals surface area contributed by atoms with E-state index in [0.29, 0.717) is 24.5 Å². The molecule has 0 spiro atoms. The molecule has 0 amide bonds. The zero-order valence-electron chi connectivity index (χ0n) is 15.7. The fourth-order valence-electron chi connectivity index (χ4n) is 3.27. The van der Waals surface area contributed by atoms with Crippen LogP contribution in [0.15, 0.2) is 18.3 Å². The highest BCUT2D eigenvalue weighted by Gasteiger charge is 2.21. The summed E-state index contributed by atoms with van der Waals surface area (Å²) in [5.41, 5.74) is 3.72. The smallest absolute Gasteiger partial charge is 0.341 e. The van der Waals surface area contributed by atoms with Crippen LogP contribution >= 0.6 is 0 Å². The summed E-state index contributed by atoms with van der Waals surface area (Å²) in [6.45, 7) is 6.31. The van der Waals surface area contributed by atoms with E-state index >= 15 is 0 Å². The number of carbonyl (C=O) groups excluding carboxylic acids is 1. The molecule has 2 heterocycles. The van der Waals surface area contributed by atoms with Crippen LogP contribution < -0.4 is 9.47 Å². The maximum atomic E-state index is 12.0. The zero-order valence-corrected chi connectivity index (χ0v) is 15.7. The summed E-state index contributed by atoms with van der Waals surface area (Å²) in [7, 11) is 3.30. The van der Waals surface area contributed by atoms with Crippen LogP contribution in [0, 0.1) is 6.92 Å². The number of carbonyl (C=O) groups is 1. The van der Waals surface area contributed by atoms with Gasteiger partial charge in [-0.15, -0.1) is 0 Å². The van der Waals surface area contributed by atoms with Crippen molar-refractivity contribution in [3.8, 4) is 11.5 Å². The Morgan fingerprint density at radius 3 is 2.54 bits per heavy atom. The molecule has 0 fully saturated rings. The van der Waals surface area contributed by atoms with Crippen molar-refractivity contribution in [2.45, 2.75) is 33.5 Å². The number of benzene rings is 1. The summed E-state index contributed by atoms with van der Waals surface area (Å²) in [5, 5.41) is 4.45. The molecule has 1 aromatic heterocycles. The first-order chi connectivity index (χ1) is 12.5. The van der Waals surface area contributed by atoms with Crippen LogP contribution in [0.1, 0.15) is 34.1 Å². The predicted molar refractivity (Wildman–Crippen MR) is 96.6 cm³/mol. The second kappa shape index (κ2) is 7.78. The van der Waals surface area contributed by atoms with Gasteiger partial charge in [-0.1, -0.05) is 0 Å². The van der Waals surface area contributed by atoms with Crippen LogP contribution in [0.3, 0.4) is 0 Å². The Balaban J connectivity index is 1.74. The van der Waals surface area contributed by atoms with Crippen LogP contribution in [-0.4, -0.2) is 48.0 Å². The molecule has 0 radical (unpaired) electrons. The minimum atomic E-state index is -0.322. The zero-order chi connectivity index (χ0) is 18.7. The molecule has 1 aliphatic heterocycles. The Hall–Kier alpha value is -2.54. The highest BCUT2D eigenvalue weighted by Crippen LogP contribution is 2.33. The minimum Gasteiger partial charge on any atom is -0.493 e. The van der Waals surface area contributed by atoms with E-state index in [2.05, 4.69) is 16.1 Å². The van der Waals surface area contributed by atoms with Crippen LogP contribution in [0.4, 0.5) is 0 Å². The Bertz CT molecular complexity index is 800. The van der Waals surface area contributed by atoms with Gasteiger partial charge in [0, 0.05) is 19.3 Å². The Kier molecular flexibility index (Phi) is 5.46. The summed E-state index contributed by atoms with van der Waals surface area (Å²) < 4.78 is 17.7. The normalized spacial score (nSPS) is 14.0. The van der Waals surface area contributed by atoms with Crippen molar-refractivity contribution in [3.05, 3.63) is 40.7 Å². The number of nitrogens with zero attached hydrogens (tertiary/aromatic N) is 3. The van der Waals surface area contributed by atoms with Crippen molar-refractivity contribution >= 4 is 5.97 Å². The minimum absolute atomic E-state index is 0.322.